The molecular formula is C23H28NNaO2. The van der Waals surface area contributed by atoms with Crippen LogP contribution in [0.4, 0.5) is 5.69 Å². The smallest absolute Gasteiger partial charge is 0.872 e. The number of hydrogen-bond donors (Lipinski definition) is 0. The number of rotatable bonds is 10. The van der Waals surface area contributed by atoms with Crippen LogP contribution in [0.2, 0.25) is 0 Å². The first-order valence-corrected chi connectivity index (χ1v) is 9.49. The average molecular weight is 373 g/mol. The third-order valence-electron chi connectivity index (χ3n) is 4.40. The van der Waals surface area contributed by atoms with E-state index in [9.17, 15) is 9.90 Å². The molecule has 0 fully saturated rings. The Morgan fingerprint density at radius 2 is 1.56 bits per heavy atom. The number of hydrogen-bond acceptors (Lipinski definition) is 3. The van der Waals surface area contributed by atoms with E-state index >= 15 is 0 Å². The van der Waals surface area contributed by atoms with Gasteiger partial charge in [-0.05, 0) is 36.6 Å². The van der Waals surface area contributed by atoms with Gasteiger partial charge in [-0.1, -0.05) is 74.9 Å². The summed E-state index contributed by atoms with van der Waals surface area (Å²) in [4.78, 5) is 14.6. The summed E-state index contributed by atoms with van der Waals surface area (Å²) in [6.45, 7) is 6.57. The van der Waals surface area contributed by atoms with Gasteiger partial charge >= 0.3 is 29.6 Å². The number of allylic oxidation sites excluding steroid dienone is 1. The van der Waals surface area contributed by atoms with Crippen LogP contribution in [0.25, 0.3) is 6.08 Å². The molecule has 0 aromatic heterocycles. The normalized spacial score (nSPS) is 10.6. The van der Waals surface area contributed by atoms with Crippen LogP contribution in [0.3, 0.4) is 0 Å². The second-order valence-electron chi connectivity index (χ2n) is 6.48. The van der Waals surface area contributed by atoms with E-state index in [4.69, 9.17) is 0 Å². The predicted octanol–water partition coefficient (Wildman–Crippen LogP) is 2.07. The Morgan fingerprint density at radius 3 is 2.11 bits per heavy atom. The topological polar surface area (TPSA) is 43.4 Å². The van der Waals surface area contributed by atoms with Crippen LogP contribution in [-0.4, -0.2) is 18.9 Å². The number of unbranched alkanes of at least 4 members (excludes halogenated alkanes) is 2. The molecule has 0 amide bonds. The van der Waals surface area contributed by atoms with E-state index in [2.05, 4.69) is 30.9 Å². The largest absolute Gasteiger partial charge is 1.00 e. The Hall–Kier alpha value is -1.55. The number of anilines is 1. The molecule has 0 aliphatic rings. The maximum absolute atomic E-state index is 12.2. The molecule has 2 aromatic carbocycles. The second kappa shape index (κ2) is 12.8. The van der Waals surface area contributed by atoms with E-state index in [1.165, 1.54) is 43.5 Å². The van der Waals surface area contributed by atoms with Gasteiger partial charge in [-0.3, -0.25) is 4.79 Å². The number of carbonyl (C=O) groups is 1. The van der Waals surface area contributed by atoms with Crippen molar-refractivity contribution in [2.45, 2.75) is 39.5 Å². The maximum Gasteiger partial charge on any atom is 1.00 e. The van der Waals surface area contributed by atoms with E-state index in [0.29, 0.717) is 0 Å². The molecule has 0 aliphatic carbocycles. The standard InChI is InChI=1S/C23H29NO2.Na/c1-3-5-17-24(18-6-4-2)20-14-11-19(12-15-20)13-16-23(26)21-9-7-8-10-22(21)25;/h7-16,25H,3-6,17-18H2,1-2H3;/q;+1/p-1/b16-13+;. The van der Waals surface area contributed by atoms with Crippen LogP contribution in [0.15, 0.2) is 54.6 Å². The van der Waals surface area contributed by atoms with Gasteiger partial charge in [0.2, 0.25) is 0 Å². The van der Waals surface area contributed by atoms with E-state index in [1.807, 2.05) is 12.1 Å². The van der Waals surface area contributed by atoms with E-state index in [0.717, 1.165) is 18.7 Å². The average Bonchev–Trinajstić information content (AvgIpc) is 2.67. The van der Waals surface area contributed by atoms with Crippen molar-refractivity contribution in [3.63, 3.8) is 0 Å². The fourth-order valence-corrected chi connectivity index (χ4v) is 2.80. The first-order chi connectivity index (χ1) is 12.7. The van der Waals surface area contributed by atoms with Crippen molar-refractivity contribution in [3.05, 3.63) is 65.7 Å². The Kier molecular flexibility index (Phi) is 11.1. The van der Waals surface area contributed by atoms with Crippen LogP contribution in [0.5, 0.6) is 5.75 Å². The minimum atomic E-state index is -0.257. The number of carbonyl (C=O) groups excluding carboxylic acids is 1. The van der Waals surface area contributed by atoms with Gasteiger partial charge < -0.3 is 10.0 Å². The second-order valence-corrected chi connectivity index (χ2v) is 6.48. The molecule has 0 bridgehead atoms. The van der Waals surface area contributed by atoms with Crippen LogP contribution < -0.4 is 39.6 Å². The molecule has 0 saturated heterocycles. The van der Waals surface area contributed by atoms with Gasteiger partial charge in [0.25, 0.3) is 0 Å². The van der Waals surface area contributed by atoms with Crippen LogP contribution in [0, 0.1) is 0 Å². The fourth-order valence-electron chi connectivity index (χ4n) is 2.80. The first-order valence-electron chi connectivity index (χ1n) is 9.49. The molecule has 0 aliphatic heterocycles. The van der Waals surface area contributed by atoms with Gasteiger partial charge in [0.05, 0.1) is 0 Å². The zero-order valence-corrected chi connectivity index (χ0v) is 18.8. The monoisotopic (exact) mass is 373 g/mol. The molecule has 2 rings (SSSR count). The van der Waals surface area contributed by atoms with Crippen molar-refractivity contribution in [2.75, 3.05) is 18.0 Å². The molecule has 2 aromatic rings. The third-order valence-corrected chi connectivity index (χ3v) is 4.40. The van der Waals surface area contributed by atoms with Crippen molar-refractivity contribution >= 4 is 17.5 Å². The minimum absolute atomic E-state index is 0. The van der Waals surface area contributed by atoms with Crippen molar-refractivity contribution in [3.8, 4) is 5.75 Å². The summed E-state index contributed by atoms with van der Waals surface area (Å²) in [7, 11) is 0. The van der Waals surface area contributed by atoms with Gasteiger partial charge in [0.15, 0.2) is 5.78 Å². The minimum Gasteiger partial charge on any atom is -0.872 e. The fraction of sp³-hybridized carbons (Fsp3) is 0.348. The van der Waals surface area contributed by atoms with Gasteiger partial charge in [0.1, 0.15) is 0 Å². The molecule has 3 nitrogen and oxygen atoms in total. The molecule has 0 spiro atoms. The SMILES string of the molecule is CCCCN(CCCC)c1ccc(/C=C/C(=O)c2ccccc2[O-])cc1.[Na+]. The maximum atomic E-state index is 12.2. The number of nitrogens with zero attached hydrogens (tertiary/aromatic N) is 1. The van der Waals surface area contributed by atoms with Crippen molar-refractivity contribution in [1.82, 2.24) is 0 Å². The zero-order valence-electron chi connectivity index (χ0n) is 16.8. The summed E-state index contributed by atoms with van der Waals surface area (Å²) in [5.74, 6) is -0.493. The zero-order chi connectivity index (χ0) is 18.8. The summed E-state index contributed by atoms with van der Waals surface area (Å²) in [6.07, 6.45) is 7.99. The van der Waals surface area contributed by atoms with Crippen LogP contribution in [0.1, 0.15) is 55.5 Å². The van der Waals surface area contributed by atoms with Gasteiger partial charge in [0, 0.05) is 24.3 Å². The van der Waals surface area contributed by atoms with Crippen molar-refractivity contribution in [2.24, 2.45) is 0 Å². The molecule has 0 N–H and O–H groups in total. The molecule has 0 atom stereocenters. The Labute approximate surface area is 185 Å². The molecule has 0 heterocycles. The van der Waals surface area contributed by atoms with E-state index in [-0.39, 0.29) is 46.7 Å². The molecule has 27 heavy (non-hydrogen) atoms. The van der Waals surface area contributed by atoms with Gasteiger partial charge in [-0.15, -0.1) is 0 Å². The van der Waals surface area contributed by atoms with Gasteiger partial charge in [-0.25, -0.2) is 0 Å². The van der Waals surface area contributed by atoms with Gasteiger partial charge in [-0.2, -0.15) is 0 Å². The third kappa shape index (κ3) is 7.53. The molecule has 0 saturated carbocycles. The quantitative estimate of drug-likeness (QED) is 0.364. The first kappa shape index (κ1) is 23.5. The van der Waals surface area contributed by atoms with Crippen molar-refractivity contribution < 1.29 is 39.5 Å². The van der Waals surface area contributed by atoms with Crippen LogP contribution in [-0.2, 0) is 0 Å². The summed E-state index contributed by atoms with van der Waals surface area (Å²) >= 11 is 0. The number of para-hydroxylation sites is 1. The molecular weight excluding hydrogens is 345 g/mol. The van der Waals surface area contributed by atoms with Crippen LogP contribution >= 0.6 is 0 Å². The summed E-state index contributed by atoms with van der Waals surface area (Å²) in [6, 6.07) is 14.6. The Morgan fingerprint density at radius 1 is 0.963 bits per heavy atom. The van der Waals surface area contributed by atoms with Crippen molar-refractivity contribution in [1.29, 1.82) is 0 Å². The summed E-state index contributed by atoms with van der Waals surface area (Å²) in [5, 5.41) is 11.7. The summed E-state index contributed by atoms with van der Waals surface area (Å²) < 4.78 is 0. The Balaban J connectivity index is 0.00000364. The molecule has 4 heteroatoms. The Bertz CT molecular complexity index is 717. The number of benzene rings is 2. The van der Waals surface area contributed by atoms with E-state index < -0.39 is 0 Å². The summed E-state index contributed by atoms with van der Waals surface area (Å²) in [5.41, 5.74) is 2.39. The predicted molar refractivity (Wildman–Crippen MR) is 108 cm³/mol. The van der Waals surface area contributed by atoms with E-state index in [1.54, 1.807) is 24.3 Å². The molecule has 0 unspecified atom stereocenters. The number of ketones is 1. The molecule has 138 valence electrons. The molecule has 0 radical (unpaired) electrons.